The average Bonchev–Trinajstić information content (AvgIpc) is 3.31. The Bertz CT molecular complexity index is 782. The van der Waals surface area contributed by atoms with Crippen LogP contribution in [0.15, 0.2) is 66.9 Å². The number of rotatable bonds is 6. The van der Waals surface area contributed by atoms with Gasteiger partial charge in [0.1, 0.15) is 0 Å². The Hall–Kier alpha value is -2.46. The summed E-state index contributed by atoms with van der Waals surface area (Å²) in [5.41, 5.74) is 3.77. The van der Waals surface area contributed by atoms with Gasteiger partial charge in [0.25, 0.3) is 0 Å². The van der Waals surface area contributed by atoms with Gasteiger partial charge in [-0.3, -0.25) is 4.90 Å². The van der Waals surface area contributed by atoms with Gasteiger partial charge in [0, 0.05) is 25.2 Å². The lowest BCUT2D eigenvalue weighted by Crippen LogP contribution is -2.25. The molecule has 0 unspecified atom stereocenters. The highest BCUT2D eigenvalue weighted by Gasteiger charge is 2.25. The first-order valence-corrected chi connectivity index (χ1v) is 9.10. The molecule has 0 saturated carbocycles. The quantitative estimate of drug-likeness (QED) is 0.690. The van der Waals surface area contributed by atoms with Crippen LogP contribution in [0.2, 0.25) is 0 Å². The Balaban J connectivity index is 1.35. The Morgan fingerprint density at radius 1 is 0.960 bits per heavy atom. The molecule has 4 rings (SSSR count). The number of likely N-dealkylation sites (tertiary alicyclic amines) is 1. The molecule has 0 aliphatic carbocycles. The fourth-order valence-corrected chi connectivity index (χ4v) is 3.71. The highest BCUT2D eigenvalue weighted by Crippen LogP contribution is 2.31. The molecule has 0 N–H and O–H groups in total. The number of benzene rings is 2. The molecule has 3 aromatic rings. The fourth-order valence-electron chi connectivity index (χ4n) is 3.71. The molecule has 2 aromatic carbocycles. The normalized spacial score (nSPS) is 17.8. The maximum Gasteiger partial charge on any atom is 0.0840 e. The number of aromatic nitrogens is 3. The third-order valence-electron chi connectivity index (χ3n) is 4.98. The Morgan fingerprint density at radius 2 is 1.72 bits per heavy atom. The van der Waals surface area contributed by atoms with Gasteiger partial charge >= 0.3 is 0 Å². The Labute approximate surface area is 149 Å². The van der Waals surface area contributed by atoms with Crippen LogP contribution in [0.25, 0.3) is 0 Å². The summed E-state index contributed by atoms with van der Waals surface area (Å²) in [7, 11) is 0. The molecule has 1 fully saturated rings. The summed E-state index contributed by atoms with van der Waals surface area (Å²) in [4.78, 5) is 2.59. The Kier molecular flexibility index (Phi) is 4.89. The van der Waals surface area contributed by atoms with Crippen LogP contribution in [0.1, 0.15) is 35.7 Å². The van der Waals surface area contributed by atoms with Crippen molar-refractivity contribution in [2.24, 2.45) is 0 Å². The van der Waals surface area contributed by atoms with Crippen molar-refractivity contribution >= 4 is 0 Å². The van der Waals surface area contributed by atoms with Gasteiger partial charge in [-0.1, -0.05) is 65.9 Å². The van der Waals surface area contributed by atoms with E-state index in [4.69, 9.17) is 0 Å². The van der Waals surface area contributed by atoms with Crippen LogP contribution in [0.3, 0.4) is 0 Å². The summed E-state index contributed by atoms with van der Waals surface area (Å²) >= 11 is 0. The molecule has 2 heterocycles. The molecular weight excluding hydrogens is 308 g/mol. The highest BCUT2D eigenvalue weighted by atomic mass is 15.4. The molecule has 1 atom stereocenters. The van der Waals surface area contributed by atoms with Gasteiger partial charge in [-0.05, 0) is 30.5 Å². The predicted molar refractivity (Wildman–Crippen MR) is 99.3 cm³/mol. The molecule has 4 nitrogen and oxygen atoms in total. The van der Waals surface area contributed by atoms with E-state index in [0.29, 0.717) is 6.04 Å². The van der Waals surface area contributed by atoms with E-state index in [0.717, 1.165) is 25.2 Å². The van der Waals surface area contributed by atoms with Crippen molar-refractivity contribution in [1.82, 2.24) is 19.9 Å². The summed E-state index contributed by atoms with van der Waals surface area (Å²) in [6.07, 6.45) is 5.57. The van der Waals surface area contributed by atoms with Gasteiger partial charge in [-0.2, -0.15) is 0 Å². The first-order chi connectivity index (χ1) is 12.4. The lowest BCUT2D eigenvalue weighted by Gasteiger charge is -2.24. The molecule has 1 aliphatic heterocycles. The van der Waals surface area contributed by atoms with Gasteiger partial charge in [0.15, 0.2) is 0 Å². The first-order valence-electron chi connectivity index (χ1n) is 9.10. The molecule has 128 valence electrons. The van der Waals surface area contributed by atoms with Gasteiger partial charge in [-0.25, -0.2) is 4.68 Å². The first kappa shape index (κ1) is 16.0. The zero-order valence-electron chi connectivity index (χ0n) is 14.5. The van der Waals surface area contributed by atoms with Crippen molar-refractivity contribution in [3.8, 4) is 0 Å². The van der Waals surface area contributed by atoms with E-state index in [1.165, 1.54) is 30.5 Å². The Morgan fingerprint density at radius 3 is 2.52 bits per heavy atom. The second-order valence-electron chi connectivity index (χ2n) is 6.75. The maximum atomic E-state index is 4.36. The van der Waals surface area contributed by atoms with Crippen LogP contribution in [0.5, 0.6) is 0 Å². The molecule has 4 heteroatoms. The zero-order chi connectivity index (χ0) is 16.9. The lowest BCUT2D eigenvalue weighted by atomic mass is 10.0. The third kappa shape index (κ3) is 3.97. The van der Waals surface area contributed by atoms with Crippen molar-refractivity contribution in [1.29, 1.82) is 0 Å². The van der Waals surface area contributed by atoms with Crippen molar-refractivity contribution in [2.45, 2.75) is 31.8 Å². The van der Waals surface area contributed by atoms with Gasteiger partial charge < -0.3 is 0 Å². The van der Waals surface area contributed by atoms with Crippen LogP contribution >= 0.6 is 0 Å². The smallest absolute Gasteiger partial charge is 0.0840 e. The van der Waals surface area contributed by atoms with Crippen molar-refractivity contribution in [3.05, 3.63) is 83.7 Å². The monoisotopic (exact) mass is 332 g/mol. The van der Waals surface area contributed by atoms with Crippen molar-refractivity contribution < 1.29 is 0 Å². The molecule has 0 radical (unpaired) electrons. The molecule has 25 heavy (non-hydrogen) atoms. The molecule has 1 saturated heterocycles. The van der Waals surface area contributed by atoms with E-state index in [1.807, 2.05) is 10.7 Å². The third-order valence-corrected chi connectivity index (χ3v) is 4.98. The number of nitrogens with zero attached hydrogens (tertiary/aromatic N) is 4. The van der Waals surface area contributed by atoms with Crippen LogP contribution in [-0.2, 0) is 13.0 Å². The molecule has 1 aliphatic rings. The topological polar surface area (TPSA) is 34.0 Å². The summed E-state index contributed by atoms with van der Waals surface area (Å²) in [5.74, 6) is 0. The zero-order valence-corrected chi connectivity index (χ0v) is 14.5. The highest BCUT2D eigenvalue weighted by molar-refractivity contribution is 5.20. The van der Waals surface area contributed by atoms with Crippen LogP contribution in [-0.4, -0.2) is 33.0 Å². The maximum absolute atomic E-state index is 4.36. The molecule has 0 spiro atoms. The molecule has 0 amide bonds. The summed E-state index contributed by atoms with van der Waals surface area (Å²) in [5, 5.41) is 8.64. The van der Waals surface area contributed by atoms with Crippen LogP contribution in [0.4, 0.5) is 0 Å². The van der Waals surface area contributed by atoms with Gasteiger partial charge in [0.2, 0.25) is 0 Å². The molecule has 0 bridgehead atoms. The number of hydrogen-bond acceptors (Lipinski definition) is 3. The van der Waals surface area contributed by atoms with Crippen molar-refractivity contribution in [2.75, 3.05) is 13.1 Å². The van der Waals surface area contributed by atoms with Gasteiger partial charge in [-0.15, -0.1) is 5.10 Å². The van der Waals surface area contributed by atoms with Gasteiger partial charge in [0.05, 0.1) is 12.2 Å². The average molecular weight is 332 g/mol. The lowest BCUT2D eigenvalue weighted by molar-refractivity contribution is 0.260. The second kappa shape index (κ2) is 7.62. The van der Waals surface area contributed by atoms with Crippen LogP contribution < -0.4 is 0 Å². The summed E-state index contributed by atoms with van der Waals surface area (Å²) < 4.78 is 1.93. The standard InChI is InChI=1S/C21H24N4/c1-3-8-18(9-4-1)16-25-17-20(22-23-25)13-15-24-14-7-12-21(24)19-10-5-2-6-11-19/h1-6,8-11,17,21H,7,12-16H2/t21-/m0/s1. The van der Waals surface area contributed by atoms with E-state index in [-0.39, 0.29) is 0 Å². The second-order valence-corrected chi connectivity index (χ2v) is 6.75. The minimum Gasteiger partial charge on any atom is -0.296 e. The predicted octanol–water partition coefficient (Wildman–Crippen LogP) is 3.71. The van der Waals surface area contributed by atoms with E-state index in [1.54, 1.807) is 0 Å². The molecule has 1 aromatic heterocycles. The van der Waals surface area contributed by atoms with E-state index in [2.05, 4.69) is 76.0 Å². The van der Waals surface area contributed by atoms with Crippen LogP contribution in [0, 0.1) is 0 Å². The van der Waals surface area contributed by atoms with Crippen molar-refractivity contribution in [3.63, 3.8) is 0 Å². The number of hydrogen-bond donors (Lipinski definition) is 0. The van der Waals surface area contributed by atoms with E-state index >= 15 is 0 Å². The van der Waals surface area contributed by atoms with E-state index in [9.17, 15) is 0 Å². The summed E-state index contributed by atoms with van der Waals surface area (Å²) in [6.45, 7) is 3.01. The fraction of sp³-hybridized carbons (Fsp3) is 0.333. The largest absolute Gasteiger partial charge is 0.296 e. The minimum atomic E-state index is 0.556. The molecular formula is C21H24N4. The minimum absolute atomic E-state index is 0.556. The van der Waals surface area contributed by atoms with E-state index < -0.39 is 0 Å². The summed E-state index contributed by atoms with van der Waals surface area (Å²) in [6, 6.07) is 21.8. The SMILES string of the molecule is c1ccc(Cn2cc(CCN3CCC[C@H]3c3ccccc3)nn2)cc1.